The molecule has 0 bridgehead atoms. The molecule has 5 rings (SSSR count). The Morgan fingerprint density at radius 3 is 2.70 bits per heavy atom. The Kier molecular flexibility index (Phi) is 6.97. The van der Waals surface area contributed by atoms with Crippen molar-refractivity contribution in [2.24, 2.45) is 0 Å². The number of carbonyl (C=O) groups excluding carboxylic acids is 1. The summed E-state index contributed by atoms with van der Waals surface area (Å²) in [5.74, 6) is -0.106. The van der Waals surface area contributed by atoms with Crippen molar-refractivity contribution in [3.05, 3.63) is 66.0 Å². The summed E-state index contributed by atoms with van der Waals surface area (Å²) in [5.41, 5.74) is 4.38. The molecule has 192 valence electrons. The van der Waals surface area contributed by atoms with E-state index in [1.165, 1.54) is 12.1 Å². The summed E-state index contributed by atoms with van der Waals surface area (Å²) < 4.78 is 20.8. The Morgan fingerprint density at radius 2 is 1.95 bits per heavy atom. The molecule has 10 nitrogen and oxygen atoms in total. The molecule has 1 aliphatic heterocycles. The summed E-state index contributed by atoms with van der Waals surface area (Å²) in [7, 11) is 5.57. The highest BCUT2D eigenvalue weighted by molar-refractivity contribution is 5.98. The highest BCUT2D eigenvalue weighted by Crippen LogP contribution is 2.28. The maximum atomic E-state index is 13.6. The van der Waals surface area contributed by atoms with Crippen molar-refractivity contribution in [1.29, 1.82) is 0 Å². The summed E-state index contributed by atoms with van der Waals surface area (Å²) >= 11 is 0. The van der Waals surface area contributed by atoms with E-state index in [9.17, 15) is 9.18 Å². The monoisotopic (exact) mass is 504 g/mol. The van der Waals surface area contributed by atoms with Crippen molar-refractivity contribution in [1.82, 2.24) is 29.6 Å². The summed E-state index contributed by atoms with van der Waals surface area (Å²) in [6, 6.07) is 10.2. The summed E-state index contributed by atoms with van der Waals surface area (Å²) in [6.45, 7) is 3.68. The van der Waals surface area contributed by atoms with Crippen molar-refractivity contribution in [2.75, 3.05) is 57.7 Å². The fourth-order valence-electron chi connectivity index (χ4n) is 4.35. The molecule has 0 unspecified atom stereocenters. The van der Waals surface area contributed by atoms with Gasteiger partial charge in [0, 0.05) is 38.9 Å². The fourth-order valence-corrected chi connectivity index (χ4v) is 4.35. The lowest BCUT2D eigenvalue weighted by Gasteiger charge is -2.31. The molecule has 0 spiro atoms. The number of carbonyl (C=O) groups is 1. The van der Waals surface area contributed by atoms with Gasteiger partial charge in [0.1, 0.15) is 17.3 Å². The Labute approximate surface area is 214 Å². The number of morpholine rings is 1. The van der Waals surface area contributed by atoms with Gasteiger partial charge in [0.15, 0.2) is 5.69 Å². The van der Waals surface area contributed by atoms with Crippen molar-refractivity contribution in [2.45, 2.75) is 6.54 Å². The predicted molar refractivity (Wildman–Crippen MR) is 140 cm³/mol. The topological polar surface area (TPSA) is 99.9 Å². The maximum Gasteiger partial charge on any atom is 0.271 e. The molecule has 4 aromatic heterocycles. The van der Waals surface area contributed by atoms with Crippen molar-refractivity contribution < 1.29 is 13.9 Å². The zero-order chi connectivity index (χ0) is 25.9. The van der Waals surface area contributed by atoms with Crippen molar-refractivity contribution >= 4 is 28.7 Å². The van der Waals surface area contributed by atoms with Crippen LogP contribution in [0.5, 0.6) is 0 Å². The van der Waals surface area contributed by atoms with Crippen LogP contribution in [0.1, 0.15) is 16.2 Å². The minimum atomic E-state index is -0.371. The first-order valence-corrected chi connectivity index (χ1v) is 12.0. The van der Waals surface area contributed by atoms with Gasteiger partial charge in [-0.15, -0.1) is 0 Å². The largest absolute Gasteiger partial charge is 0.378 e. The molecule has 2 N–H and O–H groups in total. The standard InChI is InChI=1S/C26H29FN8O2/c1-28-26(36)25-19(5-4-18(32-25)22-15-29-24-14-17(27)8-9-35(22)24)30-23-7-6-21(20(31-23)16-33(2)3)34-10-12-37-13-11-34/h4-9,14-15H,10-13,16H2,1-3H3,(H,28,36)(H,30,31). The number of rotatable bonds is 7. The van der Waals surface area contributed by atoms with Gasteiger partial charge in [-0.25, -0.2) is 19.3 Å². The van der Waals surface area contributed by atoms with E-state index in [1.54, 1.807) is 36.0 Å². The molecular weight excluding hydrogens is 475 g/mol. The van der Waals surface area contributed by atoms with Gasteiger partial charge in [-0.05, 0) is 44.4 Å². The molecular formula is C26H29FN8O2. The summed E-state index contributed by atoms with van der Waals surface area (Å²) in [6.07, 6.45) is 3.20. The lowest BCUT2D eigenvalue weighted by molar-refractivity contribution is 0.0959. The normalized spacial score (nSPS) is 13.8. The van der Waals surface area contributed by atoms with E-state index >= 15 is 0 Å². The Balaban J connectivity index is 1.49. The van der Waals surface area contributed by atoms with Crippen LogP contribution in [0.15, 0.2) is 48.8 Å². The van der Waals surface area contributed by atoms with Gasteiger partial charge in [0.25, 0.3) is 5.91 Å². The number of nitrogens with zero attached hydrogens (tertiary/aromatic N) is 6. The van der Waals surface area contributed by atoms with Crippen LogP contribution < -0.4 is 15.5 Å². The smallest absolute Gasteiger partial charge is 0.271 e. The summed E-state index contributed by atoms with van der Waals surface area (Å²) in [4.78, 5) is 30.9. The number of hydrogen-bond donors (Lipinski definition) is 2. The first-order valence-electron chi connectivity index (χ1n) is 12.0. The average Bonchev–Trinajstić information content (AvgIpc) is 3.32. The van der Waals surface area contributed by atoms with Crippen LogP contribution >= 0.6 is 0 Å². The van der Waals surface area contributed by atoms with E-state index in [0.29, 0.717) is 48.3 Å². The Bertz CT molecular complexity index is 1430. The minimum Gasteiger partial charge on any atom is -0.378 e. The molecule has 5 heterocycles. The lowest BCUT2D eigenvalue weighted by Crippen LogP contribution is -2.37. The highest BCUT2D eigenvalue weighted by atomic mass is 19.1. The van der Waals surface area contributed by atoms with Crippen LogP contribution in [0.2, 0.25) is 0 Å². The zero-order valence-corrected chi connectivity index (χ0v) is 21.0. The van der Waals surface area contributed by atoms with Gasteiger partial charge in [-0.2, -0.15) is 0 Å². The van der Waals surface area contributed by atoms with Gasteiger partial charge in [0.2, 0.25) is 0 Å². The molecule has 0 aromatic carbocycles. The maximum absolute atomic E-state index is 13.6. The van der Waals surface area contributed by atoms with Crippen LogP contribution in [-0.2, 0) is 11.3 Å². The minimum absolute atomic E-state index is 0.213. The van der Waals surface area contributed by atoms with Gasteiger partial charge in [0.05, 0.1) is 47.9 Å². The molecule has 1 saturated heterocycles. The van der Waals surface area contributed by atoms with Crippen LogP contribution in [0.25, 0.3) is 17.0 Å². The van der Waals surface area contributed by atoms with Crippen LogP contribution in [0.4, 0.5) is 21.6 Å². The van der Waals surface area contributed by atoms with E-state index in [2.05, 4.69) is 36.5 Å². The molecule has 1 aliphatic rings. The number of fused-ring (bicyclic) bond motifs is 1. The Hall–Kier alpha value is -4.09. The number of pyridine rings is 3. The molecule has 4 aromatic rings. The third kappa shape index (κ3) is 5.23. The molecule has 0 aliphatic carbocycles. The zero-order valence-electron chi connectivity index (χ0n) is 21.0. The second-order valence-corrected chi connectivity index (χ2v) is 9.01. The number of aromatic nitrogens is 4. The number of imidazole rings is 1. The van der Waals surface area contributed by atoms with Crippen LogP contribution in [-0.4, -0.2) is 77.6 Å². The second kappa shape index (κ2) is 10.5. The van der Waals surface area contributed by atoms with Crippen LogP contribution in [0, 0.1) is 5.82 Å². The van der Waals surface area contributed by atoms with Gasteiger partial charge in [-0.3, -0.25) is 9.20 Å². The lowest BCUT2D eigenvalue weighted by atomic mass is 10.2. The van der Waals surface area contributed by atoms with Crippen molar-refractivity contribution in [3.8, 4) is 11.4 Å². The van der Waals surface area contributed by atoms with Crippen LogP contribution in [0.3, 0.4) is 0 Å². The quantitative estimate of drug-likeness (QED) is 0.396. The van der Waals surface area contributed by atoms with E-state index in [-0.39, 0.29) is 17.4 Å². The van der Waals surface area contributed by atoms with Gasteiger partial charge < -0.3 is 25.2 Å². The number of ether oxygens (including phenoxy) is 1. The predicted octanol–water partition coefficient (Wildman–Crippen LogP) is 2.93. The Morgan fingerprint density at radius 1 is 1.14 bits per heavy atom. The van der Waals surface area contributed by atoms with Crippen molar-refractivity contribution in [3.63, 3.8) is 0 Å². The molecule has 1 fully saturated rings. The molecule has 1 amide bonds. The van der Waals surface area contributed by atoms with E-state index < -0.39 is 0 Å². The number of amides is 1. The number of nitrogens with one attached hydrogen (secondary N) is 2. The fraction of sp³-hybridized carbons (Fsp3) is 0.308. The molecule has 0 atom stereocenters. The van der Waals surface area contributed by atoms with E-state index in [0.717, 1.165) is 24.5 Å². The molecule has 37 heavy (non-hydrogen) atoms. The van der Waals surface area contributed by atoms with E-state index in [4.69, 9.17) is 9.72 Å². The molecule has 0 saturated carbocycles. The molecule has 11 heteroatoms. The third-order valence-corrected chi connectivity index (χ3v) is 6.11. The van der Waals surface area contributed by atoms with Gasteiger partial charge >= 0.3 is 0 Å². The second-order valence-electron chi connectivity index (χ2n) is 9.01. The third-order valence-electron chi connectivity index (χ3n) is 6.11. The highest BCUT2D eigenvalue weighted by Gasteiger charge is 2.19. The first kappa shape index (κ1) is 24.6. The number of anilines is 3. The first-order chi connectivity index (χ1) is 17.9. The SMILES string of the molecule is CNC(=O)c1nc(-c2cnc3cc(F)ccn23)ccc1Nc1ccc(N2CCOCC2)c(CN(C)C)n1. The number of hydrogen-bond acceptors (Lipinski definition) is 8. The summed E-state index contributed by atoms with van der Waals surface area (Å²) in [5, 5.41) is 5.94. The van der Waals surface area contributed by atoms with E-state index in [1.807, 2.05) is 20.2 Å². The molecule has 0 radical (unpaired) electrons. The average molecular weight is 505 g/mol. The van der Waals surface area contributed by atoms with Gasteiger partial charge in [-0.1, -0.05) is 0 Å². The number of halogens is 1.